The SMILES string of the molecule is CSc1ccn(CCCBr)c(=O)n1. The fourth-order valence-corrected chi connectivity index (χ4v) is 1.54. The highest BCUT2D eigenvalue weighted by Crippen LogP contribution is 2.06. The number of hydrogen-bond donors (Lipinski definition) is 0. The van der Waals surface area contributed by atoms with Crippen molar-refractivity contribution in [3.05, 3.63) is 22.7 Å². The molecule has 0 unspecified atom stereocenters. The Morgan fingerprint density at radius 3 is 3.00 bits per heavy atom. The second-order valence-electron chi connectivity index (χ2n) is 2.49. The average Bonchev–Trinajstić information content (AvgIpc) is 2.16. The molecule has 0 saturated heterocycles. The maximum atomic E-state index is 11.3. The van der Waals surface area contributed by atoms with E-state index in [9.17, 15) is 4.79 Å². The third kappa shape index (κ3) is 3.15. The molecule has 5 heteroatoms. The van der Waals surface area contributed by atoms with Crippen molar-refractivity contribution in [2.75, 3.05) is 11.6 Å². The van der Waals surface area contributed by atoms with E-state index >= 15 is 0 Å². The molecule has 0 bridgehead atoms. The van der Waals surface area contributed by atoms with Gasteiger partial charge in [0.05, 0.1) is 0 Å². The molecule has 0 N–H and O–H groups in total. The number of hydrogen-bond acceptors (Lipinski definition) is 3. The van der Waals surface area contributed by atoms with E-state index in [1.807, 2.05) is 12.3 Å². The molecule has 0 saturated carbocycles. The molecule has 0 aromatic carbocycles. The molecule has 0 atom stereocenters. The first-order valence-electron chi connectivity index (χ1n) is 3.95. The third-order valence-electron chi connectivity index (χ3n) is 1.59. The molecule has 0 aliphatic rings. The summed E-state index contributed by atoms with van der Waals surface area (Å²) in [4.78, 5) is 15.2. The molecule has 3 nitrogen and oxygen atoms in total. The zero-order valence-corrected chi connectivity index (χ0v) is 9.77. The van der Waals surface area contributed by atoms with Crippen LogP contribution in [0.25, 0.3) is 0 Å². The van der Waals surface area contributed by atoms with Crippen molar-refractivity contribution in [3.8, 4) is 0 Å². The van der Waals surface area contributed by atoms with Gasteiger partial charge in [-0.05, 0) is 18.7 Å². The van der Waals surface area contributed by atoms with Crippen molar-refractivity contribution < 1.29 is 0 Å². The van der Waals surface area contributed by atoms with E-state index in [0.29, 0.717) is 0 Å². The van der Waals surface area contributed by atoms with Gasteiger partial charge in [-0.3, -0.25) is 4.57 Å². The Morgan fingerprint density at radius 2 is 2.46 bits per heavy atom. The second kappa shape index (κ2) is 5.44. The molecule has 1 rings (SSSR count). The number of nitrogens with zero attached hydrogens (tertiary/aromatic N) is 2. The fourth-order valence-electron chi connectivity index (χ4n) is 0.927. The zero-order valence-electron chi connectivity index (χ0n) is 7.36. The summed E-state index contributed by atoms with van der Waals surface area (Å²) in [6.07, 6.45) is 4.65. The van der Waals surface area contributed by atoms with E-state index in [1.54, 1.807) is 10.8 Å². The highest BCUT2D eigenvalue weighted by molar-refractivity contribution is 9.09. The molecule has 1 aromatic rings. The summed E-state index contributed by atoms with van der Waals surface area (Å²) in [7, 11) is 0. The first-order valence-corrected chi connectivity index (χ1v) is 6.30. The number of aryl methyl sites for hydroxylation is 1. The molecule has 0 spiro atoms. The Bertz CT molecular complexity index is 326. The number of aromatic nitrogens is 2. The van der Waals surface area contributed by atoms with Crippen LogP contribution in [0, 0.1) is 0 Å². The normalized spacial score (nSPS) is 10.3. The van der Waals surface area contributed by atoms with Crippen LogP contribution in [0.15, 0.2) is 22.1 Å². The average molecular weight is 263 g/mol. The van der Waals surface area contributed by atoms with Gasteiger partial charge in [0.1, 0.15) is 5.03 Å². The van der Waals surface area contributed by atoms with Crippen molar-refractivity contribution in [2.24, 2.45) is 0 Å². The molecule has 72 valence electrons. The quantitative estimate of drug-likeness (QED) is 0.471. The lowest BCUT2D eigenvalue weighted by Crippen LogP contribution is -2.22. The number of halogens is 1. The van der Waals surface area contributed by atoms with Crippen molar-refractivity contribution in [2.45, 2.75) is 18.0 Å². The Morgan fingerprint density at radius 1 is 1.69 bits per heavy atom. The van der Waals surface area contributed by atoms with E-state index in [1.165, 1.54) is 11.8 Å². The van der Waals surface area contributed by atoms with Gasteiger partial charge in [0.2, 0.25) is 0 Å². The smallest absolute Gasteiger partial charge is 0.299 e. The first-order chi connectivity index (χ1) is 6.27. The summed E-state index contributed by atoms with van der Waals surface area (Å²) in [6.45, 7) is 0.728. The van der Waals surface area contributed by atoms with E-state index in [0.717, 1.165) is 23.3 Å². The van der Waals surface area contributed by atoms with Crippen molar-refractivity contribution in [1.82, 2.24) is 9.55 Å². The summed E-state index contributed by atoms with van der Waals surface area (Å²) in [5, 5.41) is 1.68. The van der Waals surface area contributed by atoms with Gasteiger partial charge >= 0.3 is 5.69 Å². The van der Waals surface area contributed by atoms with Crippen LogP contribution in [0.1, 0.15) is 6.42 Å². The largest absolute Gasteiger partial charge is 0.348 e. The van der Waals surface area contributed by atoms with Crippen LogP contribution >= 0.6 is 27.7 Å². The van der Waals surface area contributed by atoms with Gasteiger partial charge in [-0.25, -0.2) is 4.79 Å². The molecule has 1 heterocycles. The summed E-state index contributed by atoms with van der Waals surface area (Å²) < 4.78 is 1.63. The second-order valence-corrected chi connectivity index (χ2v) is 4.11. The molecule has 0 fully saturated rings. The third-order valence-corrected chi connectivity index (χ3v) is 2.80. The van der Waals surface area contributed by atoms with Gasteiger partial charge in [0.15, 0.2) is 0 Å². The number of rotatable bonds is 4. The summed E-state index contributed by atoms with van der Waals surface area (Å²) in [6, 6.07) is 1.86. The topological polar surface area (TPSA) is 34.9 Å². The van der Waals surface area contributed by atoms with Gasteiger partial charge < -0.3 is 0 Å². The molecule has 0 aliphatic carbocycles. The lowest BCUT2D eigenvalue weighted by molar-refractivity contribution is 0.631. The highest BCUT2D eigenvalue weighted by atomic mass is 79.9. The van der Waals surface area contributed by atoms with Crippen molar-refractivity contribution >= 4 is 27.7 Å². The molecule has 0 amide bonds. The van der Waals surface area contributed by atoms with Crippen LogP contribution in [0.4, 0.5) is 0 Å². The summed E-state index contributed by atoms with van der Waals surface area (Å²) in [5.74, 6) is 0. The Hall–Kier alpha value is -0.290. The zero-order chi connectivity index (χ0) is 9.68. The van der Waals surface area contributed by atoms with Gasteiger partial charge in [0.25, 0.3) is 0 Å². The summed E-state index contributed by atoms with van der Waals surface area (Å²) in [5.41, 5.74) is -0.159. The molecule has 0 radical (unpaired) electrons. The van der Waals surface area contributed by atoms with Gasteiger partial charge in [-0.15, -0.1) is 11.8 Å². The van der Waals surface area contributed by atoms with Gasteiger partial charge in [-0.2, -0.15) is 4.98 Å². The van der Waals surface area contributed by atoms with Crippen LogP contribution in [0.2, 0.25) is 0 Å². The van der Waals surface area contributed by atoms with Gasteiger partial charge in [-0.1, -0.05) is 15.9 Å². The van der Waals surface area contributed by atoms with Gasteiger partial charge in [0, 0.05) is 18.1 Å². The lowest BCUT2D eigenvalue weighted by Gasteiger charge is -2.02. The number of alkyl halides is 1. The van der Waals surface area contributed by atoms with E-state index in [4.69, 9.17) is 0 Å². The molecular formula is C8H11BrN2OS. The monoisotopic (exact) mass is 262 g/mol. The number of thioether (sulfide) groups is 1. The van der Waals surface area contributed by atoms with Crippen molar-refractivity contribution in [1.29, 1.82) is 0 Å². The van der Waals surface area contributed by atoms with E-state index in [2.05, 4.69) is 20.9 Å². The van der Waals surface area contributed by atoms with Crippen molar-refractivity contribution in [3.63, 3.8) is 0 Å². The van der Waals surface area contributed by atoms with E-state index in [-0.39, 0.29) is 5.69 Å². The minimum absolute atomic E-state index is 0.159. The highest BCUT2D eigenvalue weighted by Gasteiger charge is 1.97. The lowest BCUT2D eigenvalue weighted by atomic mass is 10.5. The standard InChI is InChI=1S/C8H11BrN2OS/c1-13-7-3-6-11(5-2-4-9)8(12)10-7/h3,6H,2,4-5H2,1H3. The molecule has 0 aliphatic heterocycles. The predicted octanol–water partition coefficient (Wildman–Crippen LogP) is 1.75. The molecule has 13 heavy (non-hydrogen) atoms. The minimum Gasteiger partial charge on any atom is -0.299 e. The maximum absolute atomic E-state index is 11.3. The van der Waals surface area contributed by atoms with Crippen LogP contribution < -0.4 is 5.69 Å². The first kappa shape index (κ1) is 10.8. The Labute approximate surface area is 89.7 Å². The van der Waals surface area contributed by atoms with Crippen LogP contribution in [-0.2, 0) is 6.54 Å². The fraction of sp³-hybridized carbons (Fsp3) is 0.500. The predicted molar refractivity (Wildman–Crippen MR) is 58.7 cm³/mol. The maximum Gasteiger partial charge on any atom is 0.348 e. The van der Waals surface area contributed by atoms with Crippen LogP contribution in [-0.4, -0.2) is 21.1 Å². The Kier molecular flexibility index (Phi) is 4.52. The van der Waals surface area contributed by atoms with E-state index < -0.39 is 0 Å². The minimum atomic E-state index is -0.159. The molecular weight excluding hydrogens is 252 g/mol. The summed E-state index contributed by atoms with van der Waals surface area (Å²) >= 11 is 4.80. The Balaban J connectivity index is 2.80. The molecule has 1 aromatic heterocycles. The van der Waals surface area contributed by atoms with Crippen LogP contribution in [0.3, 0.4) is 0 Å². The van der Waals surface area contributed by atoms with Crippen LogP contribution in [0.5, 0.6) is 0 Å².